The minimum Gasteiger partial charge on any atom is -0.493 e. The van der Waals surface area contributed by atoms with Gasteiger partial charge in [0.1, 0.15) is 5.75 Å². The molecule has 0 bridgehead atoms. The molecule has 0 saturated carbocycles. The molecule has 7 heteroatoms. The zero-order valence-corrected chi connectivity index (χ0v) is 12.1. The zero-order chi connectivity index (χ0) is 15.5. The van der Waals surface area contributed by atoms with Crippen LogP contribution in [0.15, 0.2) is 24.3 Å². The smallest absolute Gasteiger partial charge is 0.414 e. The molecule has 6 nitrogen and oxygen atoms in total. The summed E-state index contributed by atoms with van der Waals surface area (Å²) in [5.41, 5.74) is 0. The van der Waals surface area contributed by atoms with Gasteiger partial charge in [0.15, 0.2) is 0 Å². The molecule has 20 heavy (non-hydrogen) atoms. The number of benzene rings is 1. The van der Waals surface area contributed by atoms with Crippen LogP contribution in [0.3, 0.4) is 0 Å². The van der Waals surface area contributed by atoms with Gasteiger partial charge >= 0.3 is 11.9 Å². The molecule has 0 aliphatic rings. The number of carboxylic acid groups (broad SMARTS) is 2. The Labute approximate surface area is 122 Å². The SMILES string of the molecule is CN(C)CCCOc1cccc(Cl)c1.O=C(O)C(=O)O. The van der Waals surface area contributed by atoms with Crippen LogP contribution in [0.4, 0.5) is 0 Å². The van der Waals surface area contributed by atoms with Crippen LogP contribution in [0.2, 0.25) is 5.02 Å². The van der Waals surface area contributed by atoms with E-state index in [1.54, 1.807) is 0 Å². The van der Waals surface area contributed by atoms with E-state index in [1.807, 2.05) is 24.3 Å². The van der Waals surface area contributed by atoms with E-state index in [2.05, 4.69) is 19.0 Å². The van der Waals surface area contributed by atoms with Crippen LogP contribution in [0.1, 0.15) is 6.42 Å². The second-order valence-corrected chi connectivity index (χ2v) is 4.51. The molecule has 112 valence electrons. The summed E-state index contributed by atoms with van der Waals surface area (Å²) in [7, 11) is 4.11. The van der Waals surface area contributed by atoms with Crippen molar-refractivity contribution in [1.29, 1.82) is 0 Å². The Kier molecular flexibility index (Phi) is 9.15. The van der Waals surface area contributed by atoms with E-state index in [4.69, 9.17) is 36.1 Å². The van der Waals surface area contributed by atoms with Gasteiger partial charge in [-0.25, -0.2) is 9.59 Å². The van der Waals surface area contributed by atoms with Crippen molar-refractivity contribution in [2.24, 2.45) is 0 Å². The van der Waals surface area contributed by atoms with E-state index >= 15 is 0 Å². The molecule has 0 heterocycles. The van der Waals surface area contributed by atoms with Crippen molar-refractivity contribution in [2.75, 3.05) is 27.2 Å². The third kappa shape index (κ3) is 10.2. The lowest BCUT2D eigenvalue weighted by atomic mass is 10.3. The van der Waals surface area contributed by atoms with Crippen LogP contribution >= 0.6 is 11.6 Å². The Morgan fingerprint density at radius 1 is 1.25 bits per heavy atom. The molecule has 0 saturated heterocycles. The summed E-state index contributed by atoms with van der Waals surface area (Å²) < 4.78 is 5.53. The van der Waals surface area contributed by atoms with Gasteiger partial charge in [0.25, 0.3) is 0 Å². The van der Waals surface area contributed by atoms with Crippen LogP contribution in [-0.2, 0) is 9.59 Å². The van der Waals surface area contributed by atoms with Crippen molar-refractivity contribution in [2.45, 2.75) is 6.42 Å². The van der Waals surface area contributed by atoms with Gasteiger partial charge in [-0.05, 0) is 38.7 Å². The summed E-state index contributed by atoms with van der Waals surface area (Å²) in [6, 6.07) is 7.48. The molecule has 0 aromatic heterocycles. The van der Waals surface area contributed by atoms with Gasteiger partial charge in [-0.1, -0.05) is 17.7 Å². The predicted molar refractivity (Wildman–Crippen MR) is 75.4 cm³/mol. The predicted octanol–water partition coefficient (Wildman–Crippen LogP) is 1.83. The second kappa shape index (κ2) is 10.1. The molecule has 0 radical (unpaired) electrons. The Balaban J connectivity index is 0.000000511. The lowest BCUT2D eigenvalue weighted by Gasteiger charge is -2.10. The quantitative estimate of drug-likeness (QED) is 0.637. The number of nitrogens with zero attached hydrogens (tertiary/aromatic N) is 1. The number of carbonyl (C=O) groups is 2. The fourth-order valence-electron chi connectivity index (χ4n) is 1.13. The first kappa shape index (κ1) is 18.2. The molecule has 1 aromatic rings. The van der Waals surface area contributed by atoms with Gasteiger partial charge in [0, 0.05) is 11.6 Å². The van der Waals surface area contributed by atoms with E-state index in [-0.39, 0.29) is 0 Å². The summed E-state index contributed by atoms with van der Waals surface area (Å²) in [5.74, 6) is -2.80. The van der Waals surface area contributed by atoms with Gasteiger partial charge in [-0.15, -0.1) is 0 Å². The van der Waals surface area contributed by atoms with Gasteiger partial charge in [-0.2, -0.15) is 0 Å². The van der Waals surface area contributed by atoms with Crippen LogP contribution in [0.25, 0.3) is 0 Å². The average Bonchev–Trinajstić information content (AvgIpc) is 2.35. The molecule has 0 spiro atoms. The summed E-state index contributed by atoms with van der Waals surface area (Å²) >= 11 is 5.82. The normalized spacial score (nSPS) is 9.60. The third-order valence-electron chi connectivity index (χ3n) is 2.00. The summed E-state index contributed by atoms with van der Waals surface area (Å²) in [4.78, 5) is 20.3. The van der Waals surface area contributed by atoms with Gasteiger partial charge in [0.05, 0.1) is 6.61 Å². The van der Waals surface area contributed by atoms with Crippen LogP contribution in [-0.4, -0.2) is 54.3 Å². The molecule has 1 aromatic carbocycles. The molecular formula is C13H18ClNO5. The molecular weight excluding hydrogens is 286 g/mol. The highest BCUT2D eigenvalue weighted by molar-refractivity contribution is 6.30. The minimum atomic E-state index is -1.82. The van der Waals surface area contributed by atoms with Gasteiger partial charge in [0.2, 0.25) is 0 Å². The first-order chi connectivity index (χ1) is 9.32. The molecule has 2 N–H and O–H groups in total. The maximum atomic E-state index is 9.10. The average molecular weight is 304 g/mol. The third-order valence-corrected chi connectivity index (χ3v) is 2.23. The summed E-state index contributed by atoms with van der Waals surface area (Å²) in [6.07, 6.45) is 1.03. The van der Waals surface area contributed by atoms with Crippen molar-refractivity contribution in [3.8, 4) is 5.75 Å². The Morgan fingerprint density at radius 3 is 2.30 bits per heavy atom. The first-order valence-corrected chi connectivity index (χ1v) is 6.20. The molecule has 0 atom stereocenters. The standard InChI is InChI=1S/C11H16ClNO.C2H2O4/c1-13(2)7-4-8-14-11-6-3-5-10(12)9-11;3-1(4)2(5)6/h3,5-6,9H,4,7-8H2,1-2H3;(H,3,4)(H,5,6). The monoisotopic (exact) mass is 303 g/mol. The van der Waals surface area contributed by atoms with E-state index < -0.39 is 11.9 Å². The van der Waals surface area contributed by atoms with E-state index in [0.717, 1.165) is 30.3 Å². The summed E-state index contributed by atoms with van der Waals surface area (Å²) in [6.45, 7) is 1.78. The zero-order valence-electron chi connectivity index (χ0n) is 11.4. The highest BCUT2D eigenvalue weighted by atomic mass is 35.5. The summed E-state index contributed by atoms with van der Waals surface area (Å²) in [5, 5.41) is 15.5. The number of hydrogen-bond acceptors (Lipinski definition) is 4. The number of carboxylic acids is 2. The topological polar surface area (TPSA) is 87.1 Å². The fourth-order valence-corrected chi connectivity index (χ4v) is 1.31. The highest BCUT2D eigenvalue weighted by Crippen LogP contribution is 2.16. The lowest BCUT2D eigenvalue weighted by Crippen LogP contribution is -2.15. The van der Waals surface area contributed by atoms with E-state index in [1.165, 1.54) is 0 Å². The molecule has 0 amide bonds. The van der Waals surface area contributed by atoms with Gasteiger partial charge < -0.3 is 19.8 Å². The molecule has 0 aliphatic carbocycles. The maximum Gasteiger partial charge on any atom is 0.414 e. The van der Waals surface area contributed by atoms with Crippen molar-refractivity contribution in [3.63, 3.8) is 0 Å². The number of rotatable bonds is 5. The lowest BCUT2D eigenvalue weighted by molar-refractivity contribution is -0.159. The highest BCUT2D eigenvalue weighted by Gasteiger charge is 2.04. The van der Waals surface area contributed by atoms with Crippen molar-refractivity contribution >= 4 is 23.5 Å². The number of halogens is 1. The number of ether oxygens (including phenoxy) is 1. The van der Waals surface area contributed by atoms with Crippen LogP contribution < -0.4 is 4.74 Å². The molecule has 1 rings (SSSR count). The van der Waals surface area contributed by atoms with Crippen LogP contribution in [0, 0.1) is 0 Å². The van der Waals surface area contributed by atoms with E-state index in [9.17, 15) is 0 Å². The molecule has 0 fully saturated rings. The largest absolute Gasteiger partial charge is 0.493 e. The van der Waals surface area contributed by atoms with Crippen molar-refractivity contribution < 1.29 is 24.5 Å². The Bertz CT molecular complexity index is 425. The Morgan fingerprint density at radius 2 is 1.85 bits per heavy atom. The van der Waals surface area contributed by atoms with Crippen LogP contribution in [0.5, 0.6) is 5.75 Å². The molecule has 0 unspecified atom stereocenters. The maximum absolute atomic E-state index is 9.10. The minimum absolute atomic E-state index is 0.718. The fraction of sp³-hybridized carbons (Fsp3) is 0.385. The number of aliphatic carboxylic acids is 2. The molecule has 0 aliphatic heterocycles. The second-order valence-electron chi connectivity index (χ2n) is 4.07. The van der Waals surface area contributed by atoms with E-state index in [0.29, 0.717) is 0 Å². The van der Waals surface area contributed by atoms with Gasteiger partial charge in [-0.3, -0.25) is 0 Å². The van der Waals surface area contributed by atoms with Crippen molar-refractivity contribution in [1.82, 2.24) is 4.90 Å². The van der Waals surface area contributed by atoms with Crippen molar-refractivity contribution in [3.05, 3.63) is 29.3 Å². The number of hydrogen-bond donors (Lipinski definition) is 2. The Hall–Kier alpha value is -1.79. The first-order valence-electron chi connectivity index (χ1n) is 5.82.